The molecular weight excluding hydrogens is 171 g/mol. The first kappa shape index (κ1) is 11.0. The first-order valence-electron chi connectivity index (χ1n) is 4.95. The zero-order valence-electron chi connectivity index (χ0n) is 9.91. The van der Waals surface area contributed by atoms with Crippen LogP contribution >= 0.6 is 0 Å². The lowest BCUT2D eigenvalue weighted by Crippen LogP contribution is -2.08. The van der Waals surface area contributed by atoms with Gasteiger partial charge in [-0.15, -0.1) is 0 Å². The molecule has 0 amide bonds. The van der Waals surface area contributed by atoms with Gasteiger partial charge in [-0.25, -0.2) is 0 Å². The van der Waals surface area contributed by atoms with E-state index < -0.39 is 0 Å². The average molecular weight is 188 g/mol. The SMILES string of the molecule is BC(=O)c1c(C)c(C)c(C)c(C)c1C. The summed E-state index contributed by atoms with van der Waals surface area (Å²) >= 11 is 0. The van der Waals surface area contributed by atoms with Crippen LogP contribution < -0.4 is 0 Å². The van der Waals surface area contributed by atoms with Crippen molar-refractivity contribution in [2.45, 2.75) is 34.6 Å². The van der Waals surface area contributed by atoms with Crippen molar-refractivity contribution in [3.05, 3.63) is 33.4 Å². The summed E-state index contributed by atoms with van der Waals surface area (Å²) in [5.74, 6) is 0. The van der Waals surface area contributed by atoms with Crippen molar-refractivity contribution < 1.29 is 4.79 Å². The van der Waals surface area contributed by atoms with E-state index >= 15 is 0 Å². The van der Waals surface area contributed by atoms with E-state index in [1.807, 2.05) is 13.8 Å². The van der Waals surface area contributed by atoms with Gasteiger partial charge in [0.05, 0.1) is 0 Å². The normalized spacial score (nSPS) is 10.4. The topological polar surface area (TPSA) is 17.1 Å². The summed E-state index contributed by atoms with van der Waals surface area (Å²) in [5, 5.41) is 0. The zero-order chi connectivity index (χ0) is 11.0. The molecule has 14 heavy (non-hydrogen) atoms. The molecule has 0 aromatic heterocycles. The first-order chi connectivity index (χ1) is 6.37. The van der Waals surface area contributed by atoms with Crippen molar-refractivity contribution >= 4 is 13.5 Å². The molecule has 1 nitrogen and oxygen atoms in total. The maximum Gasteiger partial charge on any atom is 0.193 e. The van der Waals surface area contributed by atoms with Crippen LogP contribution in [-0.2, 0) is 0 Å². The van der Waals surface area contributed by atoms with Gasteiger partial charge in [0.2, 0.25) is 0 Å². The summed E-state index contributed by atoms with van der Waals surface area (Å²) in [6.07, 6.45) is 0. The van der Waals surface area contributed by atoms with Crippen LogP contribution in [0.4, 0.5) is 0 Å². The molecule has 0 spiro atoms. The largest absolute Gasteiger partial charge is 0.307 e. The molecular formula is C12H17BO. The standard InChI is InChI=1S/C12H17BO/c1-6-7(2)9(4)11(12(13)14)10(5)8(6)3/h13H2,1-5H3. The molecule has 0 radical (unpaired) electrons. The molecule has 0 atom stereocenters. The number of benzene rings is 1. The Labute approximate surface area is 86.9 Å². The molecule has 0 N–H and O–H groups in total. The zero-order valence-corrected chi connectivity index (χ0v) is 9.91. The Morgan fingerprint density at radius 3 is 1.36 bits per heavy atom. The highest BCUT2D eigenvalue weighted by atomic mass is 16.1. The highest BCUT2D eigenvalue weighted by molar-refractivity contribution is 6.62. The van der Waals surface area contributed by atoms with Gasteiger partial charge in [0.1, 0.15) is 5.68 Å². The third-order valence-corrected chi connectivity index (χ3v) is 3.35. The van der Waals surface area contributed by atoms with E-state index in [1.165, 1.54) is 16.7 Å². The van der Waals surface area contributed by atoms with Crippen molar-refractivity contribution in [3.8, 4) is 0 Å². The van der Waals surface area contributed by atoms with E-state index in [1.54, 1.807) is 7.85 Å². The van der Waals surface area contributed by atoms with Crippen LogP contribution in [0.3, 0.4) is 0 Å². The third-order valence-electron chi connectivity index (χ3n) is 3.35. The molecule has 0 fully saturated rings. The molecule has 0 saturated heterocycles. The van der Waals surface area contributed by atoms with Crippen LogP contribution in [0.15, 0.2) is 0 Å². The maximum absolute atomic E-state index is 11.5. The minimum atomic E-state index is 0.172. The molecule has 0 aliphatic carbocycles. The minimum Gasteiger partial charge on any atom is -0.307 e. The highest BCUT2D eigenvalue weighted by Gasteiger charge is 2.14. The predicted octanol–water partition coefficient (Wildman–Crippen LogP) is 2.00. The maximum atomic E-state index is 11.5. The average Bonchev–Trinajstić information content (AvgIpc) is 2.11. The molecule has 0 unspecified atom stereocenters. The van der Waals surface area contributed by atoms with E-state index in [-0.39, 0.29) is 5.68 Å². The Morgan fingerprint density at radius 1 is 0.786 bits per heavy atom. The van der Waals surface area contributed by atoms with Crippen molar-refractivity contribution in [2.75, 3.05) is 0 Å². The summed E-state index contributed by atoms with van der Waals surface area (Å²) in [4.78, 5) is 11.5. The van der Waals surface area contributed by atoms with Crippen molar-refractivity contribution in [2.24, 2.45) is 0 Å². The molecule has 74 valence electrons. The summed E-state index contributed by atoms with van der Waals surface area (Å²) in [7, 11) is 1.64. The number of carbonyl (C=O) groups excluding carboxylic acids is 1. The van der Waals surface area contributed by atoms with Crippen LogP contribution in [0.25, 0.3) is 0 Å². The second kappa shape index (κ2) is 3.60. The molecule has 0 heterocycles. The molecule has 1 aromatic rings. The van der Waals surface area contributed by atoms with Gasteiger partial charge in [0, 0.05) is 5.56 Å². The van der Waals surface area contributed by atoms with Gasteiger partial charge >= 0.3 is 0 Å². The van der Waals surface area contributed by atoms with Gasteiger partial charge in [-0.3, -0.25) is 0 Å². The molecule has 2 heteroatoms. The van der Waals surface area contributed by atoms with E-state index in [2.05, 4.69) is 20.8 Å². The quantitative estimate of drug-likeness (QED) is 0.616. The van der Waals surface area contributed by atoms with Crippen LogP contribution in [0, 0.1) is 34.6 Å². The second-order valence-electron chi connectivity index (χ2n) is 4.06. The van der Waals surface area contributed by atoms with E-state index in [0.717, 1.165) is 16.7 Å². The lowest BCUT2D eigenvalue weighted by atomic mass is 9.82. The van der Waals surface area contributed by atoms with Crippen LogP contribution in [0.1, 0.15) is 38.2 Å². The molecule has 0 bridgehead atoms. The number of rotatable bonds is 1. The van der Waals surface area contributed by atoms with Crippen LogP contribution in [0.2, 0.25) is 0 Å². The van der Waals surface area contributed by atoms with E-state index in [4.69, 9.17) is 0 Å². The molecule has 0 aliphatic heterocycles. The second-order valence-corrected chi connectivity index (χ2v) is 4.06. The number of hydrogen-bond donors (Lipinski definition) is 0. The first-order valence-corrected chi connectivity index (χ1v) is 4.95. The third kappa shape index (κ3) is 1.49. The van der Waals surface area contributed by atoms with E-state index in [9.17, 15) is 4.79 Å². The summed E-state index contributed by atoms with van der Waals surface area (Å²) < 4.78 is 0. The van der Waals surface area contributed by atoms with Crippen molar-refractivity contribution in [1.82, 2.24) is 0 Å². The highest BCUT2D eigenvalue weighted by Crippen LogP contribution is 2.25. The fourth-order valence-corrected chi connectivity index (χ4v) is 2.03. The number of hydrogen-bond acceptors (Lipinski definition) is 1. The summed E-state index contributed by atoms with van der Waals surface area (Å²) in [6, 6.07) is 0. The Bertz CT molecular complexity index is 376. The lowest BCUT2D eigenvalue weighted by Gasteiger charge is -2.16. The van der Waals surface area contributed by atoms with Gasteiger partial charge in [-0.1, -0.05) is 0 Å². The Balaban J connectivity index is 3.68. The summed E-state index contributed by atoms with van der Waals surface area (Å²) in [6.45, 7) is 10.4. The summed E-state index contributed by atoms with van der Waals surface area (Å²) in [5.41, 5.74) is 7.16. The van der Waals surface area contributed by atoms with Gasteiger partial charge < -0.3 is 4.79 Å². The fourth-order valence-electron chi connectivity index (χ4n) is 2.03. The Hall–Kier alpha value is -1.05. The Kier molecular flexibility index (Phi) is 2.84. The van der Waals surface area contributed by atoms with Crippen LogP contribution in [-0.4, -0.2) is 13.5 Å². The van der Waals surface area contributed by atoms with Crippen molar-refractivity contribution in [3.63, 3.8) is 0 Å². The molecule has 0 aliphatic rings. The lowest BCUT2D eigenvalue weighted by molar-refractivity contribution is 0.107. The minimum absolute atomic E-state index is 0.172. The number of carbonyl (C=O) groups is 1. The van der Waals surface area contributed by atoms with E-state index in [0.29, 0.717) is 0 Å². The van der Waals surface area contributed by atoms with Gasteiger partial charge in [0.25, 0.3) is 0 Å². The van der Waals surface area contributed by atoms with Gasteiger partial charge in [0.15, 0.2) is 7.85 Å². The van der Waals surface area contributed by atoms with Crippen molar-refractivity contribution in [1.29, 1.82) is 0 Å². The predicted molar refractivity (Wildman–Crippen MR) is 63.0 cm³/mol. The van der Waals surface area contributed by atoms with Gasteiger partial charge in [-0.2, -0.15) is 0 Å². The van der Waals surface area contributed by atoms with Crippen LogP contribution in [0.5, 0.6) is 0 Å². The Morgan fingerprint density at radius 2 is 1.07 bits per heavy atom. The smallest absolute Gasteiger partial charge is 0.193 e. The monoisotopic (exact) mass is 188 g/mol. The van der Waals surface area contributed by atoms with Gasteiger partial charge in [-0.05, 0) is 62.4 Å². The molecule has 1 rings (SSSR count). The molecule has 0 saturated carbocycles. The molecule has 1 aromatic carbocycles. The fraction of sp³-hybridized carbons (Fsp3) is 0.417.